The van der Waals surface area contributed by atoms with Gasteiger partial charge in [-0.1, -0.05) is 45.0 Å². The van der Waals surface area contributed by atoms with Crippen LogP contribution in [0.4, 0.5) is 5.69 Å². The molecule has 0 bridgehead atoms. The molecule has 2 N–H and O–H groups in total. The van der Waals surface area contributed by atoms with Crippen LogP contribution < -0.4 is 5.73 Å². The molecule has 0 saturated heterocycles. The summed E-state index contributed by atoms with van der Waals surface area (Å²) in [5.74, 6) is -0.336. The van der Waals surface area contributed by atoms with E-state index in [1.807, 2.05) is 25.1 Å². The molecule has 3 heterocycles. The lowest BCUT2D eigenvalue weighted by Gasteiger charge is -2.40. The van der Waals surface area contributed by atoms with Gasteiger partial charge in [0.25, 0.3) is 0 Å². The Morgan fingerprint density at radius 3 is 2.48 bits per heavy atom. The number of aliphatic imine (C=N–C) groups is 2. The summed E-state index contributed by atoms with van der Waals surface area (Å²) in [7, 11) is 1.68. The summed E-state index contributed by atoms with van der Waals surface area (Å²) in [5.41, 5.74) is 10.2. The van der Waals surface area contributed by atoms with Crippen LogP contribution in [-0.4, -0.2) is 35.5 Å². The molecule has 0 fully saturated rings. The summed E-state index contributed by atoms with van der Waals surface area (Å²) in [5, 5.41) is 2.05. The van der Waals surface area contributed by atoms with Crippen LogP contribution in [0.5, 0.6) is 0 Å². The second kappa shape index (κ2) is 8.23. The van der Waals surface area contributed by atoms with Gasteiger partial charge in [0.05, 0.1) is 17.8 Å². The molecule has 3 aromatic rings. The Kier molecular flexibility index (Phi) is 5.70. The van der Waals surface area contributed by atoms with Gasteiger partial charge in [-0.15, -0.1) is 11.3 Å². The molecule has 0 aliphatic carbocycles. The number of nitrogens with two attached hydrogens (primary N) is 1. The molecular weight excluding hydrogens is 430 g/mol. The van der Waals surface area contributed by atoms with Crippen LogP contribution in [0.2, 0.25) is 0 Å². The third kappa shape index (κ3) is 4.09. The molecule has 2 aromatic heterocycles. The van der Waals surface area contributed by atoms with Crippen molar-refractivity contribution in [3.05, 3.63) is 70.2 Å². The average molecular weight is 460 g/mol. The van der Waals surface area contributed by atoms with Crippen LogP contribution in [0.15, 0.2) is 64.2 Å². The Morgan fingerprint density at radius 2 is 1.85 bits per heavy atom. The van der Waals surface area contributed by atoms with Crippen molar-refractivity contribution in [3.63, 3.8) is 0 Å². The maximum absolute atomic E-state index is 13.5. The van der Waals surface area contributed by atoms with E-state index < -0.39 is 11.5 Å². The van der Waals surface area contributed by atoms with E-state index in [1.165, 1.54) is 10.5 Å². The number of carbonyl (C=O) groups excluding carboxylic acids is 1. The lowest BCUT2D eigenvalue weighted by Crippen LogP contribution is -2.52. The summed E-state index contributed by atoms with van der Waals surface area (Å²) < 4.78 is 0. The van der Waals surface area contributed by atoms with Gasteiger partial charge in [0.1, 0.15) is 5.54 Å². The Balaban J connectivity index is 1.81. The molecule has 33 heavy (non-hydrogen) atoms. The largest absolute Gasteiger partial charge is 0.369 e. The molecule has 6 nitrogen and oxygen atoms in total. The first kappa shape index (κ1) is 22.9. The highest BCUT2D eigenvalue weighted by Gasteiger charge is 2.48. The number of benzene rings is 1. The van der Waals surface area contributed by atoms with Crippen LogP contribution in [-0.2, 0) is 15.7 Å². The third-order valence-electron chi connectivity index (χ3n) is 6.28. The number of aromatic nitrogens is 1. The first-order chi connectivity index (χ1) is 15.5. The van der Waals surface area contributed by atoms with E-state index in [-0.39, 0.29) is 17.3 Å². The summed E-state index contributed by atoms with van der Waals surface area (Å²) in [6.07, 6.45) is 3.46. The third-order valence-corrected chi connectivity index (χ3v) is 7.43. The van der Waals surface area contributed by atoms with Gasteiger partial charge in [-0.3, -0.25) is 19.7 Å². The zero-order chi connectivity index (χ0) is 24.0. The fourth-order valence-corrected chi connectivity index (χ4v) is 5.24. The number of likely N-dealkylation sites (N-methyl/N-ethyl adjacent to an activating group) is 1. The molecule has 1 aliphatic heterocycles. The number of hydrogen-bond acceptors (Lipinski definition) is 6. The number of hydrogen-bond donors (Lipinski definition) is 1. The maximum Gasteiger partial charge on any atom is 0.239 e. The fourth-order valence-electron chi connectivity index (χ4n) is 4.19. The van der Waals surface area contributed by atoms with Crippen LogP contribution in [0.1, 0.15) is 49.6 Å². The standard InChI is InChI=1S/C26H29N5OS/c1-25(2,3)19-9-7-16(8-10-19)22-23(32)31(6)24(27)30-26(22,4)21-12-18(15-33-21)17-11-20(28-5)14-29-13-17/h7-15,22H,5H2,1-4,6H3,(H2,27,30)/t22-,26+/m0/s1. The minimum atomic E-state index is -0.832. The van der Waals surface area contributed by atoms with E-state index in [4.69, 9.17) is 10.7 Å². The monoisotopic (exact) mass is 459 g/mol. The number of thiophene rings is 1. The highest BCUT2D eigenvalue weighted by atomic mass is 32.1. The van der Waals surface area contributed by atoms with Crippen LogP contribution in [0.25, 0.3) is 11.1 Å². The molecule has 0 spiro atoms. The zero-order valence-corrected chi connectivity index (χ0v) is 20.5. The van der Waals surface area contributed by atoms with Gasteiger partial charge in [0.15, 0.2) is 5.96 Å². The lowest BCUT2D eigenvalue weighted by atomic mass is 9.76. The van der Waals surface area contributed by atoms with Crippen molar-refractivity contribution in [2.75, 3.05) is 7.05 Å². The van der Waals surface area contributed by atoms with Crippen LogP contribution in [0, 0.1) is 0 Å². The van der Waals surface area contributed by atoms with E-state index in [0.717, 1.165) is 21.6 Å². The topological polar surface area (TPSA) is 83.9 Å². The van der Waals surface area contributed by atoms with Crippen molar-refractivity contribution < 1.29 is 4.79 Å². The number of carbonyl (C=O) groups is 1. The normalized spacial score (nSPS) is 21.1. The number of amides is 1. The first-order valence-electron chi connectivity index (χ1n) is 10.8. The molecule has 2 atom stereocenters. The van der Waals surface area contributed by atoms with Crippen molar-refractivity contribution in [2.24, 2.45) is 15.7 Å². The van der Waals surface area contributed by atoms with Gasteiger partial charge in [-0.25, -0.2) is 4.99 Å². The minimum absolute atomic E-state index is 0.0311. The predicted molar refractivity (Wildman–Crippen MR) is 136 cm³/mol. The van der Waals surface area contributed by atoms with Crippen molar-refractivity contribution in [1.29, 1.82) is 0 Å². The minimum Gasteiger partial charge on any atom is -0.369 e. The molecule has 1 aliphatic rings. The van der Waals surface area contributed by atoms with Crippen molar-refractivity contribution in [1.82, 2.24) is 9.88 Å². The average Bonchev–Trinajstić information content (AvgIpc) is 3.29. The van der Waals surface area contributed by atoms with E-state index in [2.05, 4.69) is 61.0 Å². The Morgan fingerprint density at radius 1 is 1.15 bits per heavy atom. The predicted octanol–water partition coefficient (Wildman–Crippen LogP) is 5.23. The first-order valence-corrected chi connectivity index (χ1v) is 11.7. The van der Waals surface area contributed by atoms with E-state index in [1.54, 1.807) is 30.8 Å². The Hall–Kier alpha value is -3.32. The molecular formula is C26H29N5OS. The molecule has 0 saturated carbocycles. The SMILES string of the molecule is C=Nc1cncc(-c2csc([C@@]3(C)N=C(N)N(C)C(=O)[C@@H]3c3ccc(C(C)(C)C)cc3)c2)c1. The fraction of sp³-hybridized carbons (Fsp3) is 0.308. The quantitative estimate of drug-likeness (QED) is 0.543. The van der Waals surface area contributed by atoms with E-state index in [9.17, 15) is 4.79 Å². The molecule has 7 heteroatoms. The van der Waals surface area contributed by atoms with Crippen LogP contribution in [0.3, 0.4) is 0 Å². The number of rotatable bonds is 4. The highest BCUT2D eigenvalue weighted by molar-refractivity contribution is 7.10. The van der Waals surface area contributed by atoms with Gasteiger partial charge in [-0.2, -0.15) is 0 Å². The Labute approximate surface area is 198 Å². The second-order valence-electron chi connectivity index (χ2n) is 9.61. The van der Waals surface area contributed by atoms with Gasteiger partial charge in [0, 0.05) is 23.7 Å². The molecule has 1 amide bonds. The van der Waals surface area contributed by atoms with Gasteiger partial charge in [-0.05, 0) is 53.3 Å². The Bertz CT molecular complexity index is 1240. The smallest absolute Gasteiger partial charge is 0.239 e. The molecule has 0 unspecified atom stereocenters. The second-order valence-corrected chi connectivity index (χ2v) is 10.5. The summed E-state index contributed by atoms with van der Waals surface area (Å²) >= 11 is 1.57. The van der Waals surface area contributed by atoms with E-state index in [0.29, 0.717) is 5.69 Å². The van der Waals surface area contributed by atoms with Gasteiger partial charge in [0.2, 0.25) is 5.91 Å². The van der Waals surface area contributed by atoms with Crippen molar-refractivity contribution >= 4 is 35.6 Å². The summed E-state index contributed by atoms with van der Waals surface area (Å²) in [4.78, 5) is 29.0. The highest BCUT2D eigenvalue weighted by Crippen LogP contribution is 2.47. The zero-order valence-electron chi connectivity index (χ0n) is 19.7. The van der Waals surface area contributed by atoms with Crippen molar-refractivity contribution in [2.45, 2.75) is 44.6 Å². The lowest BCUT2D eigenvalue weighted by molar-refractivity contribution is -0.130. The van der Waals surface area contributed by atoms with Crippen molar-refractivity contribution in [3.8, 4) is 11.1 Å². The molecule has 0 radical (unpaired) electrons. The maximum atomic E-state index is 13.5. The van der Waals surface area contributed by atoms with E-state index >= 15 is 0 Å². The molecule has 170 valence electrons. The number of nitrogens with zero attached hydrogens (tertiary/aromatic N) is 4. The van der Waals surface area contributed by atoms with Gasteiger partial charge >= 0.3 is 0 Å². The molecule has 4 rings (SSSR count). The molecule has 1 aromatic carbocycles. The number of guanidine groups is 1. The summed E-state index contributed by atoms with van der Waals surface area (Å²) in [6, 6.07) is 12.3. The van der Waals surface area contributed by atoms with Crippen LogP contribution >= 0.6 is 11.3 Å². The summed E-state index contributed by atoms with van der Waals surface area (Å²) in [6.45, 7) is 12.1. The van der Waals surface area contributed by atoms with Gasteiger partial charge < -0.3 is 5.73 Å². The number of pyridine rings is 1.